The quantitative estimate of drug-likeness (QED) is 0.652. The maximum absolute atomic E-state index is 14.2. The predicted molar refractivity (Wildman–Crippen MR) is 97.3 cm³/mol. The van der Waals surface area contributed by atoms with Gasteiger partial charge in [-0.1, -0.05) is 48.5 Å². The number of benzene rings is 3. The standard InChI is InChI=1S/C20H17F2NO2S/c1-15-11-12-17(13-19(15)22)23(14-16-7-3-2-4-8-16)26(24,25)20-10-6-5-9-18(20)21/h2-13H,14H2,1H3. The molecule has 0 aliphatic rings. The van der Waals surface area contributed by atoms with Gasteiger partial charge < -0.3 is 0 Å². The molecule has 0 N–H and O–H groups in total. The molecule has 26 heavy (non-hydrogen) atoms. The first-order valence-corrected chi connectivity index (χ1v) is 9.41. The number of aryl methyl sites for hydroxylation is 1. The van der Waals surface area contributed by atoms with Gasteiger partial charge in [-0.2, -0.15) is 0 Å². The molecular formula is C20H17F2NO2S. The van der Waals surface area contributed by atoms with E-state index in [9.17, 15) is 17.2 Å². The Kier molecular flexibility index (Phi) is 5.04. The molecule has 3 nitrogen and oxygen atoms in total. The highest BCUT2D eigenvalue weighted by Crippen LogP contribution is 2.28. The number of rotatable bonds is 5. The van der Waals surface area contributed by atoms with Crippen molar-refractivity contribution in [2.75, 3.05) is 4.31 Å². The van der Waals surface area contributed by atoms with Crippen LogP contribution >= 0.6 is 0 Å². The van der Waals surface area contributed by atoms with E-state index in [-0.39, 0.29) is 12.2 Å². The van der Waals surface area contributed by atoms with Gasteiger partial charge in [-0.05, 0) is 42.3 Å². The lowest BCUT2D eigenvalue weighted by molar-refractivity contribution is 0.563. The Morgan fingerprint density at radius 1 is 0.846 bits per heavy atom. The van der Waals surface area contributed by atoms with Crippen LogP contribution in [0.25, 0.3) is 0 Å². The molecule has 0 saturated carbocycles. The third-order valence-electron chi connectivity index (χ3n) is 4.02. The van der Waals surface area contributed by atoms with Crippen LogP contribution in [0.2, 0.25) is 0 Å². The van der Waals surface area contributed by atoms with Crippen molar-refractivity contribution in [2.45, 2.75) is 18.4 Å². The van der Waals surface area contributed by atoms with Crippen LogP contribution in [0.4, 0.5) is 14.5 Å². The number of sulfonamides is 1. The summed E-state index contributed by atoms with van der Waals surface area (Å²) in [5.41, 5.74) is 1.24. The maximum atomic E-state index is 14.2. The Balaban J connectivity index is 2.13. The second-order valence-corrected chi connectivity index (χ2v) is 7.69. The minimum Gasteiger partial charge on any atom is -0.262 e. The predicted octanol–water partition coefficient (Wildman–Crippen LogP) is 4.67. The van der Waals surface area contributed by atoms with E-state index in [2.05, 4.69) is 0 Å². The highest BCUT2D eigenvalue weighted by molar-refractivity contribution is 7.92. The molecule has 0 aromatic heterocycles. The summed E-state index contributed by atoms with van der Waals surface area (Å²) < 4.78 is 55.5. The van der Waals surface area contributed by atoms with Gasteiger partial charge in [0.25, 0.3) is 10.0 Å². The molecule has 134 valence electrons. The Hall–Kier alpha value is -2.73. The Morgan fingerprint density at radius 3 is 2.15 bits per heavy atom. The molecule has 3 aromatic rings. The van der Waals surface area contributed by atoms with Crippen LogP contribution in [-0.4, -0.2) is 8.42 Å². The fraction of sp³-hybridized carbons (Fsp3) is 0.100. The summed E-state index contributed by atoms with van der Waals surface area (Å²) in [5, 5.41) is 0. The van der Waals surface area contributed by atoms with E-state index in [1.165, 1.54) is 30.3 Å². The summed E-state index contributed by atoms with van der Waals surface area (Å²) in [6.07, 6.45) is 0. The highest BCUT2D eigenvalue weighted by Gasteiger charge is 2.28. The summed E-state index contributed by atoms with van der Waals surface area (Å²) in [7, 11) is -4.22. The minimum absolute atomic E-state index is 0.0417. The van der Waals surface area contributed by atoms with Gasteiger partial charge in [0, 0.05) is 0 Å². The average Bonchev–Trinajstić information content (AvgIpc) is 2.63. The van der Waals surface area contributed by atoms with Gasteiger partial charge >= 0.3 is 0 Å². The van der Waals surface area contributed by atoms with Crippen LogP contribution < -0.4 is 4.31 Å². The van der Waals surface area contributed by atoms with Crippen molar-refractivity contribution >= 4 is 15.7 Å². The number of anilines is 1. The SMILES string of the molecule is Cc1ccc(N(Cc2ccccc2)S(=O)(=O)c2ccccc2F)cc1F. The summed E-state index contributed by atoms with van der Waals surface area (Å²) in [6.45, 7) is 1.55. The molecule has 0 heterocycles. The summed E-state index contributed by atoms with van der Waals surface area (Å²) in [4.78, 5) is -0.447. The van der Waals surface area contributed by atoms with Crippen molar-refractivity contribution in [3.05, 3.63) is 95.6 Å². The first kappa shape index (κ1) is 18.1. The van der Waals surface area contributed by atoms with Crippen molar-refractivity contribution in [1.29, 1.82) is 0 Å². The van der Waals surface area contributed by atoms with Gasteiger partial charge in [-0.15, -0.1) is 0 Å². The smallest absolute Gasteiger partial charge is 0.262 e. The number of hydrogen-bond donors (Lipinski definition) is 0. The first-order valence-electron chi connectivity index (χ1n) is 7.97. The molecule has 3 aromatic carbocycles. The normalized spacial score (nSPS) is 11.3. The Morgan fingerprint density at radius 2 is 1.50 bits per heavy atom. The second kappa shape index (κ2) is 7.25. The fourth-order valence-corrected chi connectivity index (χ4v) is 4.09. The van der Waals surface area contributed by atoms with Gasteiger partial charge in [0.15, 0.2) is 0 Å². The van der Waals surface area contributed by atoms with Gasteiger partial charge in [-0.25, -0.2) is 17.2 Å². The zero-order valence-electron chi connectivity index (χ0n) is 14.1. The Bertz CT molecular complexity index is 1020. The van der Waals surface area contributed by atoms with E-state index in [0.29, 0.717) is 11.1 Å². The molecule has 0 aliphatic heterocycles. The largest absolute Gasteiger partial charge is 0.267 e. The third kappa shape index (κ3) is 3.60. The van der Waals surface area contributed by atoms with Crippen LogP contribution in [0.3, 0.4) is 0 Å². The monoisotopic (exact) mass is 373 g/mol. The van der Waals surface area contributed by atoms with E-state index in [4.69, 9.17) is 0 Å². The summed E-state index contributed by atoms with van der Waals surface area (Å²) >= 11 is 0. The van der Waals surface area contributed by atoms with Crippen molar-refractivity contribution in [1.82, 2.24) is 0 Å². The zero-order chi connectivity index (χ0) is 18.7. The molecule has 0 spiro atoms. The lowest BCUT2D eigenvalue weighted by Crippen LogP contribution is -2.31. The van der Waals surface area contributed by atoms with E-state index < -0.39 is 26.6 Å². The van der Waals surface area contributed by atoms with E-state index in [1.807, 2.05) is 6.07 Å². The second-order valence-electron chi connectivity index (χ2n) is 5.86. The number of halogens is 2. The lowest BCUT2D eigenvalue weighted by Gasteiger charge is -2.25. The molecule has 6 heteroatoms. The zero-order valence-corrected chi connectivity index (χ0v) is 14.9. The third-order valence-corrected chi connectivity index (χ3v) is 5.82. The molecule has 0 amide bonds. The Labute approximate surface area is 151 Å². The molecule has 0 radical (unpaired) electrons. The van der Waals surface area contributed by atoms with Gasteiger partial charge in [0.2, 0.25) is 0 Å². The lowest BCUT2D eigenvalue weighted by atomic mass is 10.2. The molecule has 0 bridgehead atoms. The highest BCUT2D eigenvalue weighted by atomic mass is 32.2. The molecule has 0 fully saturated rings. The molecule has 0 unspecified atom stereocenters. The number of nitrogens with zero attached hydrogens (tertiary/aromatic N) is 1. The van der Waals surface area contributed by atoms with Crippen LogP contribution in [0.5, 0.6) is 0 Å². The maximum Gasteiger partial charge on any atom is 0.267 e. The molecule has 3 rings (SSSR count). The number of hydrogen-bond acceptors (Lipinski definition) is 2. The summed E-state index contributed by atoms with van der Waals surface area (Å²) in [6, 6.07) is 18.2. The van der Waals surface area contributed by atoms with E-state index >= 15 is 0 Å². The van der Waals surface area contributed by atoms with Gasteiger partial charge in [-0.3, -0.25) is 4.31 Å². The molecule has 0 atom stereocenters. The fourth-order valence-electron chi connectivity index (χ4n) is 2.57. The molecular weight excluding hydrogens is 356 g/mol. The van der Waals surface area contributed by atoms with Crippen molar-refractivity contribution < 1.29 is 17.2 Å². The van der Waals surface area contributed by atoms with Crippen molar-refractivity contribution in [3.63, 3.8) is 0 Å². The molecule has 0 saturated heterocycles. The van der Waals surface area contributed by atoms with E-state index in [1.54, 1.807) is 31.2 Å². The van der Waals surface area contributed by atoms with Crippen LogP contribution in [0.15, 0.2) is 77.7 Å². The average molecular weight is 373 g/mol. The topological polar surface area (TPSA) is 37.4 Å². The minimum atomic E-state index is -4.22. The van der Waals surface area contributed by atoms with Crippen LogP contribution in [-0.2, 0) is 16.6 Å². The van der Waals surface area contributed by atoms with Crippen LogP contribution in [0, 0.1) is 18.6 Å². The first-order chi connectivity index (χ1) is 12.4. The summed E-state index contributed by atoms with van der Waals surface area (Å²) in [5.74, 6) is -1.37. The van der Waals surface area contributed by atoms with Crippen molar-refractivity contribution in [2.24, 2.45) is 0 Å². The molecule has 0 aliphatic carbocycles. The van der Waals surface area contributed by atoms with E-state index in [0.717, 1.165) is 16.4 Å². The van der Waals surface area contributed by atoms with Gasteiger partial charge in [0.1, 0.15) is 16.5 Å². The van der Waals surface area contributed by atoms with Crippen molar-refractivity contribution in [3.8, 4) is 0 Å². The van der Waals surface area contributed by atoms with Gasteiger partial charge in [0.05, 0.1) is 12.2 Å². The van der Waals surface area contributed by atoms with Crippen LogP contribution in [0.1, 0.15) is 11.1 Å².